The first-order valence-electron chi connectivity index (χ1n) is 3.64. The summed E-state index contributed by atoms with van der Waals surface area (Å²) in [6, 6.07) is 7.04. The summed E-state index contributed by atoms with van der Waals surface area (Å²) in [5.41, 5.74) is 1.66. The van der Waals surface area contributed by atoms with E-state index in [0.29, 0.717) is 4.90 Å². The van der Waals surface area contributed by atoms with Gasteiger partial charge >= 0.3 is 0 Å². The Hall–Kier alpha value is -1.09. The second-order valence-electron chi connectivity index (χ2n) is 2.84. The van der Waals surface area contributed by atoms with Crippen LogP contribution in [0, 0.1) is 0 Å². The first-order valence-corrected chi connectivity index (χ1v) is 5.19. The SMILES string of the molecule is CC1=CS(=O)(=O)c2ccccc21. The van der Waals surface area contributed by atoms with Crippen molar-refractivity contribution in [2.24, 2.45) is 0 Å². The highest BCUT2D eigenvalue weighted by molar-refractivity contribution is 7.94. The molecular formula is C9H8O2S. The summed E-state index contributed by atoms with van der Waals surface area (Å²) in [6.45, 7) is 1.81. The van der Waals surface area contributed by atoms with E-state index in [2.05, 4.69) is 0 Å². The lowest BCUT2D eigenvalue weighted by atomic mass is 10.1. The van der Waals surface area contributed by atoms with Crippen molar-refractivity contribution in [3.05, 3.63) is 35.2 Å². The molecule has 2 rings (SSSR count). The van der Waals surface area contributed by atoms with Gasteiger partial charge < -0.3 is 0 Å². The molecule has 2 nitrogen and oxygen atoms in total. The summed E-state index contributed by atoms with van der Waals surface area (Å²) < 4.78 is 22.8. The topological polar surface area (TPSA) is 34.1 Å². The minimum absolute atomic E-state index is 0.433. The monoisotopic (exact) mass is 180 g/mol. The number of sulfone groups is 1. The van der Waals surface area contributed by atoms with Crippen LogP contribution < -0.4 is 0 Å². The molecule has 0 saturated heterocycles. The van der Waals surface area contributed by atoms with Crippen LogP contribution in [0.5, 0.6) is 0 Å². The van der Waals surface area contributed by atoms with Crippen LogP contribution in [0.2, 0.25) is 0 Å². The predicted octanol–water partition coefficient (Wildman–Crippen LogP) is 1.83. The third-order valence-electron chi connectivity index (χ3n) is 1.95. The van der Waals surface area contributed by atoms with Gasteiger partial charge in [0.15, 0.2) is 0 Å². The van der Waals surface area contributed by atoms with Crippen molar-refractivity contribution in [3.63, 3.8) is 0 Å². The maximum absolute atomic E-state index is 11.4. The van der Waals surface area contributed by atoms with E-state index >= 15 is 0 Å². The zero-order chi connectivity index (χ0) is 8.77. The second kappa shape index (κ2) is 2.20. The van der Waals surface area contributed by atoms with Crippen LogP contribution in [0.1, 0.15) is 12.5 Å². The summed E-state index contributed by atoms with van der Waals surface area (Å²) >= 11 is 0. The molecule has 62 valence electrons. The maximum Gasteiger partial charge on any atom is 0.200 e. The summed E-state index contributed by atoms with van der Waals surface area (Å²) in [7, 11) is -3.12. The molecule has 0 bridgehead atoms. The lowest BCUT2D eigenvalue weighted by Crippen LogP contribution is -1.91. The van der Waals surface area contributed by atoms with E-state index in [9.17, 15) is 8.42 Å². The van der Waals surface area contributed by atoms with Crippen LogP contribution in [0.15, 0.2) is 34.6 Å². The highest BCUT2D eigenvalue weighted by atomic mass is 32.2. The molecule has 0 radical (unpaired) electrons. The van der Waals surface area contributed by atoms with Crippen LogP contribution in [-0.2, 0) is 9.84 Å². The minimum Gasteiger partial charge on any atom is -0.219 e. The highest BCUT2D eigenvalue weighted by Crippen LogP contribution is 2.32. The minimum atomic E-state index is -3.12. The van der Waals surface area contributed by atoms with E-state index in [1.807, 2.05) is 19.1 Å². The molecule has 1 heterocycles. The molecule has 0 atom stereocenters. The molecule has 1 aromatic carbocycles. The molecule has 0 unspecified atom stereocenters. The number of benzene rings is 1. The van der Waals surface area contributed by atoms with Gasteiger partial charge in [0.05, 0.1) is 4.90 Å². The van der Waals surface area contributed by atoms with Crippen LogP contribution in [-0.4, -0.2) is 8.42 Å². The summed E-state index contributed by atoms with van der Waals surface area (Å²) in [5, 5.41) is 1.32. The van der Waals surface area contributed by atoms with Crippen LogP contribution in [0.4, 0.5) is 0 Å². The Morgan fingerprint density at radius 1 is 1.17 bits per heavy atom. The number of rotatable bonds is 0. The Labute approximate surface area is 71.5 Å². The molecule has 12 heavy (non-hydrogen) atoms. The molecule has 1 aliphatic rings. The smallest absolute Gasteiger partial charge is 0.200 e. The van der Waals surface area contributed by atoms with Crippen molar-refractivity contribution in [1.82, 2.24) is 0 Å². The van der Waals surface area contributed by atoms with Gasteiger partial charge in [-0.25, -0.2) is 8.42 Å². The van der Waals surface area contributed by atoms with Gasteiger partial charge in [-0.1, -0.05) is 18.2 Å². The summed E-state index contributed by atoms with van der Waals surface area (Å²) in [5.74, 6) is 0. The maximum atomic E-state index is 11.4. The average molecular weight is 180 g/mol. The molecule has 1 aromatic rings. The summed E-state index contributed by atoms with van der Waals surface area (Å²) in [6.07, 6.45) is 0. The fraction of sp³-hybridized carbons (Fsp3) is 0.111. The first-order chi connectivity index (χ1) is 5.61. The molecule has 3 heteroatoms. The van der Waals surface area contributed by atoms with E-state index in [1.165, 1.54) is 5.41 Å². The first kappa shape index (κ1) is 7.55. The zero-order valence-corrected chi connectivity index (χ0v) is 7.43. The molecule has 0 fully saturated rings. The number of fused-ring (bicyclic) bond motifs is 1. The summed E-state index contributed by atoms with van der Waals surface area (Å²) in [4.78, 5) is 0.433. The number of allylic oxidation sites excluding steroid dienone is 1. The third-order valence-corrected chi connectivity index (χ3v) is 3.58. The van der Waals surface area contributed by atoms with Crippen molar-refractivity contribution in [3.8, 4) is 0 Å². The van der Waals surface area contributed by atoms with Gasteiger partial charge in [-0.2, -0.15) is 0 Å². The van der Waals surface area contributed by atoms with Crippen molar-refractivity contribution in [1.29, 1.82) is 0 Å². The van der Waals surface area contributed by atoms with E-state index in [-0.39, 0.29) is 0 Å². The van der Waals surface area contributed by atoms with Crippen molar-refractivity contribution in [2.45, 2.75) is 11.8 Å². The zero-order valence-electron chi connectivity index (χ0n) is 6.61. The van der Waals surface area contributed by atoms with Gasteiger partial charge in [0.2, 0.25) is 9.84 Å². The Morgan fingerprint density at radius 3 is 2.50 bits per heavy atom. The van der Waals surface area contributed by atoms with E-state index < -0.39 is 9.84 Å². The van der Waals surface area contributed by atoms with Crippen molar-refractivity contribution in [2.75, 3.05) is 0 Å². The highest BCUT2D eigenvalue weighted by Gasteiger charge is 2.23. The molecule has 0 N–H and O–H groups in total. The standard InChI is InChI=1S/C9H8O2S/c1-7-6-12(10,11)9-5-3-2-4-8(7)9/h2-6H,1H3. The van der Waals surface area contributed by atoms with Crippen LogP contribution >= 0.6 is 0 Å². The Morgan fingerprint density at radius 2 is 1.83 bits per heavy atom. The van der Waals surface area contributed by atoms with Crippen molar-refractivity contribution < 1.29 is 8.42 Å². The quantitative estimate of drug-likeness (QED) is 0.610. The molecule has 0 aromatic heterocycles. The Kier molecular flexibility index (Phi) is 1.38. The number of hydrogen-bond donors (Lipinski definition) is 0. The second-order valence-corrected chi connectivity index (χ2v) is 4.61. The van der Waals surface area contributed by atoms with Gasteiger partial charge in [-0.15, -0.1) is 0 Å². The van der Waals surface area contributed by atoms with Crippen LogP contribution in [0.3, 0.4) is 0 Å². The Balaban J connectivity index is 2.86. The van der Waals surface area contributed by atoms with Gasteiger partial charge in [-0.05, 0) is 24.1 Å². The Bertz CT molecular complexity index is 455. The fourth-order valence-corrected chi connectivity index (χ4v) is 2.92. The molecule has 0 spiro atoms. The lowest BCUT2D eigenvalue weighted by Gasteiger charge is -1.96. The van der Waals surface area contributed by atoms with Gasteiger partial charge in [0.25, 0.3) is 0 Å². The molecule has 0 aliphatic carbocycles. The third kappa shape index (κ3) is 0.898. The molecular weight excluding hydrogens is 172 g/mol. The molecule has 0 amide bonds. The normalized spacial score (nSPS) is 18.6. The van der Waals surface area contributed by atoms with Gasteiger partial charge in [0.1, 0.15) is 0 Å². The van der Waals surface area contributed by atoms with E-state index in [4.69, 9.17) is 0 Å². The van der Waals surface area contributed by atoms with Gasteiger partial charge in [0, 0.05) is 5.41 Å². The fourth-order valence-electron chi connectivity index (χ4n) is 1.40. The predicted molar refractivity (Wildman–Crippen MR) is 47.3 cm³/mol. The van der Waals surface area contributed by atoms with E-state index in [0.717, 1.165) is 11.1 Å². The lowest BCUT2D eigenvalue weighted by molar-refractivity contribution is 0.605. The van der Waals surface area contributed by atoms with Crippen molar-refractivity contribution >= 4 is 15.4 Å². The van der Waals surface area contributed by atoms with E-state index in [1.54, 1.807) is 12.1 Å². The molecule has 0 saturated carbocycles. The van der Waals surface area contributed by atoms with Crippen LogP contribution in [0.25, 0.3) is 5.57 Å². The van der Waals surface area contributed by atoms with Gasteiger partial charge in [-0.3, -0.25) is 0 Å². The largest absolute Gasteiger partial charge is 0.219 e. The number of hydrogen-bond acceptors (Lipinski definition) is 2. The molecule has 1 aliphatic heterocycles. The average Bonchev–Trinajstić information content (AvgIpc) is 2.25.